The van der Waals surface area contributed by atoms with E-state index in [0.29, 0.717) is 11.4 Å². The number of hydrogen-bond donors (Lipinski definition) is 3. The van der Waals surface area contributed by atoms with Gasteiger partial charge < -0.3 is 29.7 Å². The molecule has 3 N–H and O–H groups in total. The van der Waals surface area contributed by atoms with E-state index in [1.165, 1.54) is 23.1 Å². The second kappa shape index (κ2) is 13.3. The first-order valence-electron chi connectivity index (χ1n) is 13.9. The van der Waals surface area contributed by atoms with Gasteiger partial charge in [-0.1, -0.05) is 30.7 Å². The number of para-hydroxylation sites is 1. The summed E-state index contributed by atoms with van der Waals surface area (Å²) in [5, 5.41) is 12.8. The normalized spacial score (nSPS) is 17.5. The molecule has 0 saturated heterocycles. The van der Waals surface area contributed by atoms with Gasteiger partial charge in [0.05, 0.1) is 42.4 Å². The van der Waals surface area contributed by atoms with E-state index in [9.17, 15) is 23.1 Å². The van der Waals surface area contributed by atoms with Crippen molar-refractivity contribution in [1.29, 1.82) is 0 Å². The molecule has 1 aliphatic rings. The summed E-state index contributed by atoms with van der Waals surface area (Å²) in [4.78, 5) is 29.9. The van der Waals surface area contributed by atoms with Crippen molar-refractivity contribution in [3.63, 3.8) is 0 Å². The number of nitrogens with one attached hydrogen (secondary N) is 2. The summed E-state index contributed by atoms with van der Waals surface area (Å²) in [5.74, 6) is 0.0126. The van der Waals surface area contributed by atoms with Crippen LogP contribution in [0.2, 0.25) is 0 Å². The summed E-state index contributed by atoms with van der Waals surface area (Å²) in [6.07, 6.45) is -0.642. The summed E-state index contributed by atoms with van der Waals surface area (Å²) in [5.41, 5.74) is 1.72. The highest BCUT2D eigenvalue weighted by molar-refractivity contribution is 7.92. The smallest absolute Gasteiger partial charge is 0.321 e. The molecule has 12 heteroatoms. The van der Waals surface area contributed by atoms with Crippen LogP contribution in [0.25, 0.3) is 0 Å². The SMILES string of the molecule is COc1ccc(NC(=O)N(C)C[C@H]2Oc3c(NS(=O)(=O)c4ccc(C)cc4)cccc3C(=O)N([C@H](C)CO)C[C@@H]2C)cc1. The van der Waals surface area contributed by atoms with E-state index in [2.05, 4.69) is 10.0 Å². The molecule has 0 saturated carbocycles. The van der Waals surface area contributed by atoms with Crippen molar-refractivity contribution in [2.75, 3.05) is 43.9 Å². The number of carbonyl (C=O) groups is 2. The Hall–Kier alpha value is -4.29. The molecular formula is C31H38N4O7S. The number of methoxy groups -OCH3 is 1. The number of ether oxygens (including phenoxy) is 2. The number of aryl methyl sites for hydroxylation is 1. The number of urea groups is 1. The van der Waals surface area contributed by atoms with E-state index < -0.39 is 28.1 Å². The van der Waals surface area contributed by atoms with E-state index in [4.69, 9.17) is 9.47 Å². The third-order valence-electron chi connectivity index (χ3n) is 7.41. The Labute approximate surface area is 252 Å². The number of aliphatic hydroxyl groups is 1. The lowest BCUT2D eigenvalue weighted by Gasteiger charge is -2.38. The number of likely N-dealkylation sites (N-methyl/N-ethyl adjacent to an activating group) is 1. The zero-order valence-electron chi connectivity index (χ0n) is 24.9. The first kappa shape index (κ1) is 31.6. The summed E-state index contributed by atoms with van der Waals surface area (Å²) in [6, 6.07) is 17.1. The molecule has 3 amide bonds. The fraction of sp³-hybridized carbons (Fsp3) is 0.355. The van der Waals surface area contributed by atoms with Crippen LogP contribution >= 0.6 is 0 Å². The topological polar surface area (TPSA) is 138 Å². The minimum atomic E-state index is -4.02. The number of rotatable bonds is 9. The molecule has 3 atom stereocenters. The number of benzene rings is 3. The van der Waals surface area contributed by atoms with E-state index in [-0.39, 0.29) is 53.5 Å². The molecule has 0 aromatic heterocycles. The van der Waals surface area contributed by atoms with Crippen molar-refractivity contribution < 1.29 is 32.6 Å². The highest BCUT2D eigenvalue weighted by Crippen LogP contribution is 2.36. The molecule has 0 aliphatic carbocycles. The third-order valence-corrected chi connectivity index (χ3v) is 8.79. The molecule has 0 unspecified atom stereocenters. The lowest BCUT2D eigenvalue weighted by molar-refractivity contribution is 0.0373. The monoisotopic (exact) mass is 610 g/mol. The summed E-state index contributed by atoms with van der Waals surface area (Å²) >= 11 is 0. The Morgan fingerprint density at radius 2 is 1.81 bits per heavy atom. The van der Waals surface area contributed by atoms with Gasteiger partial charge in [0.25, 0.3) is 15.9 Å². The molecule has 0 bridgehead atoms. The van der Waals surface area contributed by atoms with Crippen molar-refractivity contribution in [3.8, 4) is 11.5 Å². The molecule has 0 radical (unpaired) electrons. The molecule has 0 spiro atoms. The van der Waals surface area contributed by atoms with Gasteiger partial charge in [0.1, 0.15) is 11.9 Å². The van der Waals surface area contributed by atoms with Gasteiger partial charge in [-0.3, -0.25) is 9.52 Å². The zero-order valence-corrected chi connectivity index (χ0v) is 25.7. The molecule has 1 aliphatic heterocycles. The van der Waals surface area contributed by atoms with E-state index >= 15 is 0 Å². The molecule has 4 rings (SSSR count). The molecular weight excluding hydrogens is 572 g/mol. The Balaban J connectivity index is 1.66. The quantitative estimate of drug-likeness (QED) is 0.330. The van der Waals surface area contributed by atoms with Crippen molar-refractivity contribution in [2.45, 2.75) is 37.8 Å². The second-order valence-electron chi connectivity index (χ2n) is 10.8. The second-order valence-corrected chi connectivity index (χ2v) is 12.4. The summed E-state index contributed by atoms with van der Waals surface area (Å²) in [7, 11) is -0.837. The standard InChI is InChI=1S/C31H38N4O7S/c1-20-9-15-25(16-10-20)43(39,40)33-27-8-6-7-26-29(27)42-28(21(2)17-35(30(26)37)22(3)19-36)18-34(4)31(38)32-23-11-13-24(41-5)14-12-23/h6-16,21-22,28,33,36H,17-19H2,1-5H3,(H,32,38)/t21-,22+,28+/m0/s1. The highest BCUT2D eigenvalue weighted by atomic mass is 32.2. The van der Waals surface area contributed by atoms with E-state index in [0.717, 1.165) is 5.56 Å². The molecule has 230 valence electrons. The van der Waals surface area contributed by atoms with Gasteiger partial charge >= 0.3 is 6.03 Å². The number of aliphatic hydroxyl groups excluding tert-OH is 1. The van der Waals surface area contributed by atoms with Crippen molar-refractivity contribution in [2.24, 2.45) is 5.92 Å². The van der Waals surface area contributed by atoms with Gasteiger partial charge in [-0.25, -0.2) is 13.2 Å². The van der Waals surface area contributed by atoms with Crippen molar-refractivity contribution in [1.82, 2.24) is 9.80 Å². The average molecular weight is 611 g/mol. The molecule has 1 heterocycles. The van der Waals surface area contributed by atoms with Crippen molar-refractivity contribution in [3.05, 3.63) is 77.9 Å². The van der Waals surface area contributed by atoms with E-state index in [1.54, 1.807) is 74.5 Å². The minimum absolute atomic E-state index is 0.0545. The van der Waals surface area contributed by atoms with Crippen LogP contribution in [0.15, 0.2) is 71.6 Å². The Bertz CT molecular complexity index is 1550. The number of hydrogen-bond acceptors (Lipinski definition) is 7. The summed E-state index contributed by atoms with van der Waals surface area (Å²) < 4.78 is 40.8. The maximum atomic E-state index is 13.7. The number of anilines is 2. The largest absolute Gasteiger partial charge is 0.497 e. The molecule has 3 aromatic carbocycles. The molecule has 3 aromatic rings. The average Bonchev–Trinajstić information content (AvgIpc) is 2.99. The Kier molecular flexibility index (Phi) is 9.82. The fourth-order valence-electron chi connectivity index (χ4n) is 4.71. The maximum absolute atomic E-state index is 13.7. The lowest BCUT2D eigenvalue weighted by atomic mass is 9.99. The van der Waals surface area contributed by atoms with Crippen LogP contribution in [0.5, 0.6) is 11.5 Å². The first-order chi connectivity index (χ1) is 20.4. The van der Waals surface area contributed by atoms with Gasteiger partial charge in [0.2, 0.25) is 0 Å². The Morgan fingerprint density at radius 1 is 1.14 bits per heavy atom. The Morgan fingerprint density at radius 3 is 2.44 bits per heavy atom. The number of carbonyl (C=O) groups excluding carboxylic acids is 2. The van der Waals surface area contributed by atoms with Crippen LogP contribution in [-0.2, 0) is 10.0 Å². The zero-order chi connectivity index (χ0) is 31.3. The van der Waals surface area contributed by atoms with Gasteiger partial charge in [-0.05, 0) is 62.4 Å². The predicted molar refractivity (Wildman–Crippen MR) is 164 cm³/mol. The molecule has 11 nitrogen and oxygen atoms in total. The highest BCUT2D eigenvalue weighted by Gasteiger charge is 2.35. The number of amides is 3. The number of fused-ring (bicyclic) bond motifs is 1. The van der Waals surface area contributed by atoms with Crippen LogP contribution in [-0.4, -0.2) is 81.3 Å². The van der Waals surface area contributed by atoms with Gasteiger partial charge in [-0.15, -0.1) is 0 Å². The minimum Gasteiger partial charge on any atom is -0.497 e. The number of nitrogens with zero attached hydrogens (tertiary/aromatic N) is 2. The van der Waals surface area contributed by atoms with Crippen LogP contribution in [0.1, 0.15) is 29.8 Å². The van der Waals surface area contributed by atoms with E-state index in [1.807, 2.05) is 13.8 Å². The van der Waals surface area contributed by atoms with Crippen LogP contribution < -0.4 is 19.5 Å². The van der Waals surface area contributed by atoms with Crippen molar-refractivity contribution >= 4 is 33.3 Å². The summed E-state index contributed by atoms with van der Waals surface area (Å²) in [6.45, 7) is 5.59. The first-order valence-corrected chi connectivity index (χ1v) is 15.4. The van der Waals surface area contributed by atoms with Gasteiger partial charge in [0.15, 0.2) is 5.75 Å². The van der Waals surface area contributed by atoms with Crippen LogP contribution in [0.4, 0.5) is 16.2 Å². The van der Waals surface area contributed by atoms with Crippen LogP contribution in [0.3, 0.4) is 0 Å². The lowest BCUT2D eigenvalue weighted by Crippen LogP contribution is -2.50. The number of sulfonamides is 1. The van der Waals surface area contributed by atoms with Crippen LogP contribution in [0, 0.1) is 12.8 Å². The predicted octanol–water partition coefficient (Wildman–Crippen LogP) is 4.19. The van der Waals surface area contributed by atoms with Gasteiger partial charge in [-0.2, -0.15) is 0 Å². The molecule has 43 heavy (non-hydrogen) atoms. The third kappa shape index (κ3) is 7.38. The van der Waals surface area contributed by atoms with Gasteiger partial charge in [0, 0.05) is 25.2 Å². The maximum Gasteiger partial charge on any atom is 0.321 e. The molecule has 0 fully saturated rings. The fourth-order valence-corrected chi connectivity index (χ4v) is 5.77.